The molecule has 1 spiro atoms. The fraction of sp³-hybridized carbons (Fsp3) is 0.667. The van der Waals surface area contributed by atoms with Gasteiger partial charge in [-0.2, -0.15) is 0 Å². The number of Topliss-reactive ketones (excluding diaryl/α,β-unsaturated/α-hetero) is 1. The number of hydrogen-bond acceptors (Lipinski definition) is 3. The molecule has 0 bridgehead atoms. The lowest BCUT2D eigenvalue weighted by molar-refractivity contribution is -0.0408. The van der Waals surface area contributed by atoms with Gasteiger partial charge in [0.15, 0.2) is 5.78 Å². The Morgan fingerprint density at radius 1 is 0.958 bits per heavy atom. The first kappa shape index (κ1) is 16.3. The van der Waals surface area contributed by atoms with Gasteiger partial charge in [0.2, 0.25) is 0 Å². The summed E-state index contributed by atoms with van der Waals surface area (Å²) in [7, 11) is 0. The molecule has 2 saturated carbocycles. The second-order valence-corrected chi connectivity index (χ2v) is 8.22. The van der Waals surface area contributed by atoms with E-state index >= 15 is 0 Å². The van der Waals surface area contributed by atoms with E-state index in [1.54, 1.807) is 0 Å². The van der Waals surface area contributed by atoms with E-state index in [1.165, 1.54) is 44.9 Å². The van der Waals surface area contributed by atoms with Crippen LogP contribution in [0, 0.1) is 5.41 Å². The smallest absolute Gasteiger partial charge is 0.176 e. The van der Waals surface area contributed by atoms with Crippen molar-refractivity contribution in [2.75, 3.05) is 32.7 Å². The Bertz CT molecular complexity index is 548. The van der Waals surface area contributed by atoms with Crippen LogP contribution in [0.4, 0.5) is 0 Å². The van der Waals surface area contributed by atoms with Crippen LogP contribution < -0.4 is 0 Å². The SMILES string of the molecule is O=C(CN1CCN(C2CC3(CCCCC3)C2)CC1)c1ccccc1. The molecule has 4 rings (SSSR count). The normalized spacial score (nSPS) is 25.5. The van der Waals surface area contributed by atoms with E-state index in [9.17, 15) is 4.79 Å². The highest BCUT2D eigenvalue weighted by atomic mass is 16.1. The van der Waals surface area contributed by atoms with Gasteiger partial charge >= 0.3 is 0 Å². The number of hydrogen-bond donors (Lipinski definition) is 0. The maximum absolute atomic E-state index is 12.3. The summed E-state index contributed by atoms with van der Waals surface area (Å²) in [5.74, 6) is 0.258. The zero-order valence-corrected chi connectivity index (χ0v) is 14.8. The van der Waals surface area contributed by atoms with E-state index in [-0.39, 0.29) is 5.78 Å². The molecule has 0 radical (unpaired) electrons. The molecule has 0 N–H and O–H groups in total. The maximum atomic E-state index is 12.3. The molecule has 1 saturated heterocycles. The van der Waals surface area contributed by atoms with Gasteiger partial charge in [-0.15, -0.1) is 0 Å². The number of rotatable bonds is 4. The van der Waals surface area contributed by atoms with Crippen LogP contribution in [-0.2, 0) is 0 Å². The van der Waals surface area contributed by atoms with Crippen LogP contribution in [-0.4, -0.2) is 54.3 Å². The molecular formula is C21H30N2O. The van der Waals surface area contributed by atoms with Crippen molar-refractivity contribution in [1.29, 1.82) is 0 Å². The quantitative estimate of drug-likeness (QED) is 0.790. The van der Waals surface area contributed by atoms with Gasteiger partial charge in [-0.05, 0) is 31.1 Å². The monoisotopic (exact) mass is 326 g/mol. The highest BCUT2D eigenvalue weighted by Crippen LogP contribution is 2.53. The summed E-state index contributed by atoms with van der Waals surface area (Å²) >= 11 is 0. The van der Waals surface area contributed by atoms with E-state index in [4.69, 9.17) is 0 Å². The van der Waals surface area contributed by atoms with Crippen molar-refractivity contribution >= 4 is 5.78 Å². The molecule has 24 heavy (non-hydrogen) atoms. The van der Waals surface area contributed by atoms with Gasteiger partial charge in [-0.25, -0.2) is 0 Å². The number of carbonyl (C=O) groups excluding carboxylic acids is 1. The summed E-state index contributed by atoms with van der Waals surface area (Å²) in [5.41, 5.74) is 1.57. The second kappa shape index (κ2) is 6.97. The average Bonchev–Trinajstić information content (AvgIpc) is 2.62. The first-order valence-corrected chi connectivity index (χ1v) is 9.79. The van der Waals surface area contributed by atoms with E-state index in [1.807, 2.05) is 30.3 Å². The zero-order valence-electron chi connectivity index (χ0n) is 14.8. The first-order chi connectivity index (χ1) is 11.7. The minimum atomic E-state index is 0.258. The van der Waals surface area contributed by atoms with E-state index in [0.29, 0.717) is 6.54 Å². The molecule has 3 fully saturated rings. The molecule has 3 heteroatoms. The van der Waals surface area contributed by atoms with Crippen molar-refractivity contribution in [3.05, 3.63) is 35.9 Å². The topological polar surface area (TPSA) is 23.6 Å². The average molecular weight is 326 g/mol. The number of piperazine rings is 1. The number of ketones is 1. The highest BCUT2D eigenvalue weighted by molar-refractivity contribution is 5.97. The van der Waals surface area contributed by atoms with Crippen molar-refractivity contribution in [3.63, 3.8) is 0 Å². The third kappa shape index (κ3) is 3.43. The van der Waals surface area contributed by atoms with E-state index in [0.717, 1.165) is 43.2 Å². The van der Waals surface area contributed by atoms with Crippen molar-refractivity contribution in [2.45, 2.75) is 51.0 Å². The molecule has 130 valence electrons. The fourth-order valence-corrected chi connectivity index (χ4v) is 5.11. The molecule has 0 aromatic heterocycles. The Hall–Kier alpha value is -1.19. The molecule has 0 amide bonds. The van der Waals surface area contributed by atoms with Crippen LogP contribution >= 0.6 is 0 Å². The molecular weight excluding hydrogens is 296 g/mol. The minimum Gasteiger partial charge on any atom is -0.298 e. The van der Waals surface area contributed by atoms with Crippen LogP contribution in [0.5, 0.6) is 0 Å². The van der Waals surface area contributed by atoms with Crippen LogP contribution in [0.25, 0.3) is 0 Å². The molecule has 1 heterocycles. The summed E-state index contributed by atoms with van der Waals surface area (Å²) in [6.45, 7) is 4.95. The van der Waals surface area contributed by atoms with Crippen molar-refractivity contribution < 1.29 is 4.79 Å². The van der Waals surface area contributed by atoms with E-state index in [2.05, 4.69) is 9.80 Å². The van der Waals surface area contributed by atoms with Crippen LogP contribution in [0.1, 0.15) is 55.3 Å². The predicted molar refractivity (Wildman–Crippen MR) is 97.3 cm³/mol. The third-order valence-electron chi connectivity index (χ3n) is 6.64. The molecule has 0 unspecified atom stereocenters. The minimum absolute atomic E-state index is 0.258. The van der Waals surface area contributed by atoms with Gasteiger partial charge < -0.3 is 0 Å². The molecule has 2 aliphatic carbocycles. The van der Waals surface area contributed by atoms with Gasteiger partial charge in [0.25, 0.3) is 0 Å². The highest BCUT2D eigenvalue weighted by Gasteiger charge is 2.46. The molecule has 0 atom stereocenters. The van der Waals surface area contributed by atoms with Crippen LogP contribution in [0.3, 0.4) is 0 Å². The Morgan fingerprint density at radius 2 is 1.62 bits per heavy atom. The van der Waals surface area contributed by atoms with Crippen LogP contribution in [0.2, 0.25) is 0 Å². The maximum Gasteiger partial charge on any atom is 0.176 e. The fourth-order valence-electron chi connectivity index (χ4n) is 5.11. The number of nitrogens with zero attached hydrogens (tertiary/aromatic N) is 2. The summed E-state index contributed by atoms with van der Waals surface area (Å²) in [6, 6.07) is 10.5. The second-order valence-electron chi connectivity index (χ2n) is 8.22. The summed E-state index contributed by atoms with van der Waals surface area (Å²) in [5, 5.41) is 0. The van der Waals surface area contributed by atoms with Gasteiger partial charge in [-0.1, -0.05) is 49.6 Å². The Morgan fingerprint density at radius 3 is 2.29 bits per heavy atom. The summed E-state index contributed by atoms with van der Waals surface area (Å²) in [6.07, 6.45) is 10.2. The molecule has 3 aliphatic rings. The lowest BCUT2D eigenvalue weighted by Crippen LogP contribution is -2.57. The third-order valence-corrected chi connectivity index (χ3v) is 6.64. The first-order valence-electron chi connectivity index (χ1n) is 9.79. The molecule has 1 aromatic rings. The lowest BCUT2D eigenvalue weighted by Gasteiger charge is -2.55. The predicted octanol–water partition coefficient (Wildman–Crippen LogP) is 3.60. The molecule has 3 nitrogen and oxygen atoms in total. The Labute approximate surface area is 146 Å². The molecule has 1 aliphatic heterocycles. The lowest BCUT2D eigenvalue weighted by atomic mass is 9.58. The summed E-state index contributed by atoms with van der Waals surface area (Å²) in [4.78, 5) is 17.4. The van der Waals surface area contributed by atoms with Gasteiger partial charge in [0.1, 0.15) is 0 Å². The Balaban J connectivity index is 1.22. The van der Waals surface area contributed by atoms with Gasteiger partial charge in [-0.3, -0.25) is 14.6 Å². The molecule has 1 aromatic carbocycles. The van der Waals surface area contributed by atoms with Crippen molar-refractivity contribution in [2.24, 2.45) is 5.41 Å². The van der Waals surface area contributed by atoms with E-state index < -0.39 is 0 Å². The van der Waals surface area contributed by atoms with Gasteiger partial charge in [0, 0.05) is 37.8 Å². The number of carbonyl (C=O) groups is 1. The standard InChI is InChI=1S/C21H30N2O/c24-20(18-7-3-1-4-8-18)17-22-11-13-23(14-12-22)19-15-21(16-19)9-5-2-6-10-21/h1,3-4,7-8,19H,2,5-6,9-17H2. The number of benzene rings is 1. The van der Waals surface area contributed by atoms with Crippen LogP contribution in [0.15, 0.2) is 30.3 Å². The van der Waals surface area contributed by atoms with Gasteiger partial charge in [0.05, 0.1) is 6.54 Å². The largest absolute Gasteiger partial charge is 0.298 e. The Kier molecular flexibility index (Phi) is 4.73. The van der Waals surface area contributed by atoms with Crippen molar-refractivity contribution in [1.82, 2.24) is 9.80 Å². The summed E-state index contributed by atoms with van der Waals surface area (Å²) < 4.78 is 0. The zero-order chi connectivity index (χ0) is 16.4. The van der Waals surface area contributed by atoms with Crippen molar-refractivity contribution in [3.8, 4) is 0 Å².